The Morgan fingerprint density at radius 2 is 0.690 bits per heavy atom. The monoisotopic (exact) mass is 1740 g/mol. The van der Waals surface area contributed by atoms with Gasteiger partial charge in [0.1, 0.15) is 46.9 Å². The maximum absolute atomic E-state index is 14.8. The number of fused-ring (bicyclic) bond motifs is 8. The van der Waals surface area contributed by atoms with Gasteiger partial charge in [-0.25, -0.2) is 0 Å². The molecule has 0 bridgehead atoms. The zero-order chi connectivity index (χ0) is 87.9. The average Bonchev–Trinajstić information content (AvgIpc) is 1.50. The van der Waals surface area contributed by atoms with Crippen molar-refractivity contribution >= 4 is 80.2 Å². The number of ketones is 2. The Balaban J connectivity index is 1.02. The summed E-state index contributed by atoms with van der Waals surface area (Å²) in [5.74, 6) is 1.55. The van der Waals surface area contributed by atoms with E-state index in [2.05, 4.69) is 223 Å². The molecule has 4 aliphatic rings. The third-order valence-corrected chi connectivity index (χ3v) is 31.5. The molecule has 0 fully saturated rings. The van der Waals surface area contributed by atoms with E-state index in [0.29, 0.717) is 58.4 Å². The van der Waals surface area contributed by atoms with Gasteiger partial charge >= 0.3 is 0 Å². The van der Waals surface area contributed by atoms with E-state index in [-0.39, 0.29) is 33.9 Å². The molecule has 0 spiro atoms. The molecule has 0 aliphatic heterocycles. The third-order valence-electron chi connectivity index (χ3n) is 26.7. The molecule has 0 amide bonds. The molecule has 642 valence electrons. The number of unbranched alkanes of at least 4 members (excludes halogenated alkanes) is 14. The Bertz CT molecular complexity index is 5570. The summed E-state index contributed by atoms with van der Waals surface area (Å²) >= 11 is 6.80. The van der Waals surface area contributed by atoms with Gasteiger partial charge in [-0.3, -0.25) is 19.6 Å². The predicted octanol–water partition coefficient (Wildman–Crippen LogP) is 30.6. The van der Waals surface area contributed by atoms with Crippen LogP contribution in [0.3, 0.4) is 0 Å². The summed E-state index contributed by atoms with van der Waals surface area (Å²) in [5.41, 5.74) is 18.0. The number of thiophene rings is 4. The molecule has 126 heavy (non-hydrogen) atoms. The van der Waals surface area contributed by atoms with E-state index in [1.807, 2.05) is 34.8 Å². The van der Waals surface area contributed by atoms with Crippen LogP contribution in [0.2, 0.25) is 0 Å². The summed E-state index contributed by atoms with van der Waals surface area (Å²) in [6.07, 6.45) is 41.0. The summed E-state index contributed by atoms with van der Waals surface area (Å²) in [6.45, 7) is 19.1. The number of hydrogen-bond acceptors (Lipinski definition) is 14. The van der Waals surface area contributed by atoms with E-state index in [9.17, 15) is 30.6 Å². The number of aromatic nitrogens is 2. The number of pyridine rings is 2. The summed E-state index contributed by atoms with van der Waals surface area (Å²) in [6, 6.07) is 64.9. The van der Waals surface area contributed by atoms with Crippen molar-refractivity contribution in [1.82, 2.24) is 9.97 Å². The summed E-state index contributed by atoms with van der Waals surface area (Å²) in [4.78, 5) is 46.3. The van der Waals surface area contributed by atoms with Crippen molar-refractivity contribution in [2.45, 2.75) is 246 Å². The molecule has 11 aromatic rings. The third kappa shape index (κ3) is 18.0. The Labute approximate surface area is 763 Å². The predicted molar refractivity (Wildman–Crippen MR) is 522 cm³/mol. The number of Topliss-reactive ketones (excluding diaryl/α,β-unsaturated/α-hetero) is 2. The van der Waals surface area contributed by atoms with Crippen molar-refractivity contribution < 1.29 is 19.1 Å². The van der Waals surface area contributed by atoms with Crippen LogP contribution in [-0.2, 0) is 36.5 Å². The van der Waals surface area contributed by atoms with Gasteiger partial charge in [-0.15, -0.1) is 45.3 Å². The Hall–Kier alpha value is -10.9. The molecule has 0 saturated heterocycles. The topological polar surface area (TPSA) is 174 Å². The maximum Gasteiger partial charge on any atom is 0.194 e. The highest BCUT2D eigenvalue weighted by Crippen LogP contribution is 2.67. The first-order valence-corrected chi connectivity index (χ1v) is 50.0. The van der Waals surface area contributed by atoms with Crippen LogP contribution in [0.5, 0.6) is 11.5 Å². The average molecular weight is 1740 g/mol. The summed E-state index contributed by atoms with van der Waals surface area (Å²) in [7, 11) is 0. The lowest BCUT2D eigenvalue weighted by Gasteiger charge is -2.35. The summed E-state index contributed by atoms with van der Waals surface area (Å²) < 4.78 is 14.6. The van der Waals surface area contributed by atoms with Gasteiger partial charge in [0.15, 0.2) is 11.6 Å². The first-order valence-electron chi connectivity index (χ1n) is 46.7. The Morgan fingerprint density at radius 3 is 0.992 bits per heavy atom. The maximum atomic E-state index is 14.8. The van der Waals surface area contributed by atoms with Gasteiger partial charge < -0.3 is 9.47 Å². The second-order valence-corrected chi connectivity index (χ2v) is 39.2. The van der Waals surface area contributed by atoms with Gasteiger partial charge in [0.25, 0.3) is 0 Å². The number of benzene rings is 5. The van der Waals surface area contributed by atoms with Gasteiger partial charge in [0, 0.05) is 98.6 Å². The number of nitrogens with zero attached hydrogens (tertiary/aromatic N) is 6. The molecule has 4 aliphatic carbocycles. The summed E-state index contributed by atoms with van der Waals surface area (Å²) in [5, 5.41) is 42.2. The number of nitriles is 4. The number of ether oxygens (including phenoxy) is 2. The molecule has 0 saturated carbocycles. The van der Waals surface area contributed by atoms with Crippen LogP contribution >= 0.6 is 45.3 Å². The van der Waals surface area contributed by atoms with Crippen LogP contribution in [0, 0.1) is 57.2 Å². The van der Waals surface area contributed by atoms with Crippen molar-refractivity contribution in [3.63, 3.8) is 0 Å². The Kier molecular flexibility index (Phi) is 29.7. The first kappa shape index (κ1) is 89.9. The molecule has 6 heterocycles. The molecular formula is C112H116N6O4S4. The number of carbonyl (C=O) groups is 2. The van der Waals surface area contributed by atoms with E-state index in [0.717, 1.165) is 143 Å². The quantitative estimate of drug-likeness (QED) is 0.0203. The van der Waals surface area contributed by atoms with Crippen LogP contribution in [0.1, 0.15) is 318 Å². The van der Waals surface area contributed by atoms with Crippen molar-refractivity contribution in [1.29, 1.82) is 21.0 Å². The molecule has 0 N–H and O–H groups in total. The van der Waals surface area contributed by atoms with Gasteiger partial charge in [-0.05, 0) is 215 Å². The molecule has 6 aromatic heterocycles. The fraction of sp³-hybridized carbons (Fsp3) is 0.375. The fourth-order valence-electron chi connectivity index (χ4n) is 19.6. The van der Waals surface area contributed by atoms with Crippen LogP contribution in [0.25, 0.3) is 63.7 Å². The van der Waals surface area contributed by atoms with Crippen LogP contribution < -0.4 is 9.47 Å². The van der Waals surface area contributed by atoms with Gasteiger partial charge in [0.05, 0.1) is 33.8 Å². The first-order chi connectivity index (χ1) is 61.8. The lowest BCUT2D eigenvalue weighted by atomic mass is 9.65. The van der Waals surface area contributed by atoms with E-state index in [1.54, 1.807) is 59.6 Å². The normalized spacial score (nSPS) is 14.7. The number of hydrogen-bond donors (Lipinski definition) is 0. The fourth-order valence-corrected chi connectivity index (χ4v) is 24.4. The molecular weight excluding hydrogens is 1620 g/mol. The second kappa shape index (κ2) is 41.7. The van der Waals surface area contributed by atoms with Crippen molar-refractivity contribution in [2.75, 3.05) is 13.2 Å². The molecule has 10 nitrogen and oxygen atoms in total. The van der Waals surface area contributed by atoms with Gasteiger partial charge in [-0.1, -0.05) is 268 Å². The minimum atomic E-state index is -0.889. The van der Waals surface area contributed by atoms with E-state index < -0.39 is 10.8 Å². The molecule has 0 radical (unpaired) electrons. The van der Waals surface area contributed by atoms with E-state index in [4.69, 9.17) is 9.47 Å². The van der Waals surface area contributed by atoms with E-state index >= 15 is 0 Å². The Morgan fingerprint density at radius 1 is 0.365 bits per heavy atom. The second-order valence-electron chi connectivity index (χ2n) is 34.9. The lowest BCUT2D eigenvalue weighted by molar-refractivity contribution is 0.103. The standard InChI is InChI=1S/C112H116N6O4S4/c1-9-17-23-27-33-75-37-45-81(46-38-75)111(82-47-39-76(40-48-82)34-28-24-18-10-2)95-61-90-96(62-89(95)107-97(111)63-101(125-107)109-99(121-71-73(15-7)31-21-13-5)59-85(123-109)57-91-103(79(65-113)66-114)93-69-117-55-53-87(93)105(91)119)112(83-49-41-77(42-50-83)35-29-25-19-11-3,84-51-43-78(44-52-84)36-30-26-20-12-4)98-64-102(126-108(90)98)110-100(122-72-74(16-8)32-22-14-6)60-86(124-110)58-92-104(80(67-115)68-116)94-70-118-56-54-88(94)106(92)120/h37-64,69-70,73-74H,9-36,71-72H2,1-8H3/b91-57-,92-58-. The van der Waals surface area contributed by atoms with E-state index in [1.165, 1.54) is 165 Å². The highest BCUT2D eigenvalue weighted by atomic mass is 32.1. The number of aryl methyl sites for hydroxylation is 4. The zero-order valence-electron chi connectivity index (χ0n) is 74.6. The minimum absolute atomic E-state index is 0.139. The highest BCUT2D eigenvalue weighted by Gasteiger charge is 2.54. The minimum Gasteiger partial charge on any atom is -0.492 e. The molecule has 14 heteroatoms. The number of rotatable bonds is 42. The van der Waals surface area contributed by atoms with Crippen LogP contribution in [-0.4, -0.2) is 34.7 Å². The van der Waals surface area contributed by atoms with Crippen molar-refractivity contribution in [2.24, 2.45) is 11.8 Å². The number of allylic oxidation sites excluding steroid dienone is 6. The molecule has 5 aromatic carbocycles. The number of carbonyl (C=O) groups excluding carboxylic acids is 2. The molecule has 15 rings (SSSR count). The van der Waals surface area contributed by atoms with Gasteiger partial charge in [0.2, 0.25) is 0 Å². The molecule has 2 atom stereocenters. The van der Waals surface area contributed by atoms with Crippen LogP contribution in [0.4, 0.5) is 0 Å². The smallest absolute Gasteiger partial charge is 0.194 e. The highest BCUT2D eigenvalue weighted by molar-refractivity contribution is 7.25. The van der Waals surface area contributed by atoms with Gasteiger partial charge in [-0.2, -0.15) is 21.0 Å². The molecule has 2 unspecified atom stereocenters. The largest absolute Gasteiger partial charge is 0.492 e. The lowest BCUT2D eigenvalue weighted by Crippen LogP contribution is -2.30. The van der Waals surface area contributed by atoms with Crippen molar-refractivity contribution in [3.05, 3.63) is 291 Å². The van der Waals surface area contributed by atoms with Crippen LogP contribution in [0.15, 0.2) is 193 Å². The SMILES string of the molecule is CCCCCCc1ccc(C2(c3ccc(CCCCCC)cc3)c3cc4c(cc3-c3sc(-c5sc(/C=C6\C(=O)c7ccncc7C6=C(C#N)C#N)cc5OCC(CC)CCCC)cc32)C(c2ccc(CCCCCC)cc2)(c2ccc(CCCCCC)cc2)c2cc(-c3sc(/C=C5\C(=O)c6ccncc6C5=C(C#N)C#N)cc3OCC(CC)CCCC)sc2-4)cc1. The zero-order valence-corrected chi connectivity index (χ0v) is 77.9. The van der Waals surface area contributed by atoms with Crippen molar-refractivity contribution in [3.8, 4) is 76.2 Å².